The molecule has 1 rings (SSSR count). The fourth-order valence-corrected chi connectivity index (χ4v) is 4.51. The number of hydrogen-bond acceptors (Lipinski definition) is 2. The minimum absolute atomic E-state index is 0.553. The Hall–Kier alpha value is 0.310. The number of thioether (sulfide) groups is 1. The molecular formula is C16H33NS. The topological polar surface area (TPSA) is 12.0 Å². The Labute approximate surface area is 119 Å². The monoisotopic (exact) mass is 271 g/mol. The standard InChI is InChI=1S/C16H33NS/c1-6-10-17-14-8-9-16(4,5)11-15(14)18-12-13(3)7-2/h13-15,17H,6-12H2,1-5H3. The van der Waals surface area contributed by atoms with E-state index in [2.05, 4.69) is 51.7 Å². The highest BCUT2D eigenvalue weighted by Crippen LogP contribution is 2.40. The molecule has 0 bridgehead atoms. The molecule has 0 aromatic heterocycles. The Morgan fingerprint density at radius 1 is 1.33 bits per heavy atom. The number of rotatable bonds is 7. The molecule has 3 unspecified atom stereocenters. The smallest absolute Gasteiger partial charge is 0.0206 e. The lowest BCUT2D eigenvalue weighted by Crippen LogP contribution is -2.45. The van der Waals surface area contributed by atoms with Gasteiger partial charge < -0.3 is 5.32 Å². The molecule has 1 nitrogen and oxygen atoms in total. The normalized spacial score (nSPS) is 29.2. The summed E-state index contributed by atoms with van der Waals surface area (Å²) in [6, 6.07) is 0.757. The van der Waals surface area contributed by atoms with Crippen molar-refractivity contribution in [2.24, 2.45) is 11.3 Å². The molecule has 0 aromatic rings. The lowest BCUT2D eigenvalue weighted by molar-refractivity contribution is 0.214. The van der Waals surface area contributed by atoms with E-state index in [9.17, 15) is 0 Å². The second-order valence-corrected chi connectivity index (χ2v) is 8.13. The van der Waals surface area contributed by atoms with Gasteiger partial charge in [-0.25, -0.2) is 0 Å². The van der Waals surface area contributed by atoms with Crippen LogP contribution in [0.5, 0.6) is 0 Å². The van der Waals surface area contributed by atoms with E-state index in [1.807, 2.05) is 0 Å². The van der Waals surface area contributed by atoms with Gasteiger partial charge in [-0.2, -0.15) is 11.8 Å². The van der Waals surface area contributed by atoms with Crippen molar-refractivity contribution in [2.45, 2.75) is 78.0 Å². The second-order valence-electron chi connectivity index (χ2n) is 6.85. The average Bonchev–Trinajstić information content (AvgIpc) is 2.34. The summed E-state index contributed by atoms with van der Waals surface area (Å²) in [4.78, 5) is 0. The van der Waals surface area contributed by atoms with E-state index in [-0.39, 0.29) is 0 Å². The van der Waals surface area contributed by atoms with Gasteiger partial charge in [0.05, 0.1) is 0 Å². The van der Waals surface area contributed by atoms with E-state index in [1.54, 1.807) is 0 Å². The molecule has 3 atom stereocenters. The highest BCUT2D eigenvalue weighted by atomic mass is 32.2. The molecule has 0 saturated heterocycles. The first kappa shape index (κ1) is 16.4. The molecule has 1 aliphatic rings. The summed E-state index contributed by atoms with van der Waals surface area (Å²) in [5.41, 5.74) is 0.553. The molecule has 0 amide bonds. The van der Waals surface area contributed by atoms with E-state index in [0.29, 0.717) is 5.41 Å². The van der Waals surface area contributed by atoms with E-state index >= 15 is 0 Å². The van der Waals surface area contributed by atoms with Gasteiger partial charge in [0.25, 0.3) is 0 Å². The Morgan fingerprint density at radius 3 is 2.67 bits per heavy atom. The van der Waals surface area contributed by atoms with Gasteiger partial charge in [0, 0.05) is 11.3 Å². The Kier molecular flexibility index (Phi) is 7.08. The first-order chi connectivity index (χ1) is 8.48. The molecule has 0 heterocycles. The molecule has 0 aliphatic heterocycles. The van der Waals surface area contributed by atoms with Crippen molar-refractivity contribution in [1.82, 2.24) is 5.32 Å². The number of hydrogen-bond donors (Lipinski definition) is 1. The van der Waals surface area contributed by atoms with Crippen molar-refractivity contribution in [3.05, 3.63) is 0 Å². The molecule has 2 heteroatoms. The second kappa shape index (κ2) is 7.79. The molecule has 1 N–H and O–H groups in total. The van der Waals surface area contributed by atoms with Gasteiger partial charge in [-0.05, 0) is 49.3 Å². The van der Waals surface area contributed by atoms with Crippen molar-refractivity contribution < 1.29 is 0 Å². The van der Waals surface area contributed by atoms with Gasteiger partial charge in [-0.1, -0.05) is 41.0 Å². The lowest BCUT2D eigenvalue weighted by atomic mass is 9.75. The van der Waals surface area contributed by atoms with Crippen LogP contribution >= 0.6 is 11.8 Å². The predicted octanol–water partition coefficient (Wildman–Crippen LogP) is 4.71. The quantitative estimate of drug-likeness (QED) is 0.719. The van der Waals surface area contributed by atoms with Crippen molar-refractivity contribution in [3.63, 3.8) is 0 Å². The van der Waals surface area contributed by atoms with Crippen LogP contribution in [-0.2, 0) is 0 Å². The largest absolute Gasteiger partial charge is 0.313 e. The van der Waals surface area contributed by atoms with Crippen LogP contribution in [0.3, 0.4) is 0 Å². The summed E-state index contributed by atoms with van der Waals surface area (Å²) in [5, 5.41) is 4.61. The minimum Gasteiger partial charge on any atom is -0.313 e. The van der Waals surface area contributed by atoms with Gasteiger partial charge in [-0.3, -0.25) is 0 Å². The van der Waals surface area contributed by atoms with Crippen LogP contribution in [-0.4, -0.2) is 23.6 Å². The van der Waals surface area contributed by atoms with Crippen molar-refractivity contribution in [2.75, 3.05) is 12.3 Å². The summed E-state index contributed by atoms with van der Waals surface area (Å²) in [6.45, 7) is 13.0. The maximum Gasteiger partial charge on any atom is 0.0206 e. The van der Waals surface area contributed by atoms with Crippen LogP contribution in [0.25, 0.3) is 0 Å². The zero-order valence-electron chi connectivity index (χ0n) is 13.1. The Morgan fingerprint density at radius 2 is 2.06 bits per heavy atom. The van der Waals surface area contributed by atoms with E-state index in [0.717, 1.165) is 17.2 Å². The minimum atomic E-state index is 0.553. The van der Waals surface area contributed by atoms with Crippen LogP contribution in [0.1, 0.15) is 66.7 Å². The molecule has 108 valence electrons. The first-order valence-electron chi connectivity index (χ1n) is 7.83. The van der Waals surface area contributed by atoms with Gasteiger partial charge in [-0.15, -0.1) is 0 Å². The van der Waals surface area contributed by atoms with Gasteiger partial charge in [0.1, 0.15) is 0 Å². The number of nitrogens with one attached hydrogen (secondary N) is 1. The summed E-state index contributed by atoms with van der Waals surface area (Å²) in [6.07, 6.45) is 6.70. The summed E-state index contributed by atoms with van der Waals surface area (Å²) in [7, 11) is 0. The van der Waals surface area contributed by atoms with Crippen molar-refractivity contribution >= 4 is 11.8 Å². The third-order valence-corrected chi connectivity index (χ3v) is 5.97. The van der Waals surface area contributed by atoms with E-state index < -0.39 is 0 Å². The molecule has 0 spiro atoms. The summed E-state index contributed by atoms with van der Waals surface area (Å²) in [5.74, 6) is 2.20. The van der Waals surface area contributed by atoms with Gasteiger partial charge in [0.15, 0.2) is 0 Å². The molecule has 0 radical (unpaired) electrons. The molecule has 18 heavy (non-hydrogen) atoms. The van der Waals surface area contributed by atoms with Crippen molar-refractivity contribution in [1.29, 1.82) is 0 Å². The third-order valence-electron chi connectivity index (χ3n) is 4.28. The molecule has 0 aromatic carbocycles. The van der Waals surface area contributed by atoms with Crippen LogP contribution in [0.4, 0.5) is 0 Å². The zero-order valence-corrected chi connectivity index (χ0v) is 13.9. The highest BCUT2D eigenvalue weighted by molar-refractivity contribution is 7.99. The highest BCUT2D eigenvalue weighted by Gasteiger charge is 2.34. The van der Waals surface area contributed by atoms with Gasteiger partial charge >= 0.3 is 0 Å². The maximum absolute atomic E-state index is 3.78. The lowest BCUT2D eigenvalue weighted by Gasteiger charge is -2.41. The fraction of sp³-hybridized carbons (Fsp3) is 1.00. The van der Waals surface area contributed by atoms with Gasteiger partial charge in [0.2, 0.25) is 0 Å². The van der Waals surface area contributed by atoms with Crippen LogP contribution < -0.4 is 5.32 Å². The SMILES string of the molecule is CCCNC1CCC(C)(C)CC1SCC(C)CC. The molecule has 1 aliphatic carbocycles. The summed E-state index contributed by atoms with van der Waals surface area (Å²) < 4.78 is 0. The maximum atomic E-state index is 3.78. The average molecular weight is 272 g/mol. The predicted molar refractivity (Wildman–Crippen MR) is 85.4 cm³/mol. The first-order valence-corrected chi connectivity index (χ1v) is 8.88. The Balaban J connectivity index is 2.48. The molecule has 1 fully saturated rings. The fourth-order valence-electron chi connectivity index (χ4n) is 2.67. The Bertz CT molecular complexity index is 227. The molecular weight excluding hydrogens is 238 g/mol. The van der Waals surface area contributed by atoms with Crippen LogP contribution in [0.2, 0.25) is 0 Å². The van der Waals surface area contributed by atoms with Crippen LogP contribution in [0.15, 0.2) is 0 Å². The van der Waals surface area contributed by atoms with E-state index in [4.69, 9.17) is 0 Å². The van der Waals surface area contributed by atoms with Crippen molar-refractivity contribution in [3.8, 4) is 0 Å². The zero-order chi connectivity index (χ0) is 13.6. The third kappa shape index (κ3) is 5.52. The summed E-state index contributed by atoms with van der Waals surface area (Å²) >= 11 is 2.23. The van der Waals surface area contributed by atoms with E-state index in [1.165, 1.54) is 44.4 Å². The molecule has 1 saturated carbocycles. The van der Waals surface area contributed by atoms with Crippen LogP contribution in [0, 0.1) is 11.3 Å².